The highest BCUT2D eigenvalue weighted by molar-refractivity contribution is 7.15. The number of aromatic hydroxyl groups is 1. The minimum absolute atomic E-state index is 0.0983. The van der Waals surface area contributed by atoms with E-state index in [1.165, 1.54) is 12.1 Å². The van der Waals surface area contributed by atoms with Crippen molar-refractivity contribution in [2.75, 3.05) is 0 Å². The van der Waals surface area contributed by atoms with Gasteiger partial charge in [0.15, 0.2) is 0 Å². The van der Waals surface area contributed by atoms with Crippen molar-refractivity contribution < 1.29 is 15.0 Å². The van der Waals surface area contributed by atoms with E-state index in [9.17, 15) is 9.90 Å². The fraction of sp³-hybridized carbons (Fsp3) is 0.111. The molecule has 0 fully saturated rings. The van der Waals surface area contributed by atoms with Gasteiger partial charge in [-0.3, -0.25) is 0 Å². The van der Waals surface area contributed by atoms with Crippen LogP contribution in [-0.2, 0) is 0 Å². The van der Waals surface area contributed by atoms with Crippen molar-refractivity contribution in [3.05, 3.63) is 58.7 Å². The van der Waals surface area contributed by atoms with Crippen LogP contribution >= 0.6 is 11.3 Å². The third kappa shape index (κ3) is 2.96. The average molecular weight is 325 g/mol. The van der Waals surface area contributed by atoms with Gasteiger partial charge in [-0.1, -0.05) is 24.3 Å². The third-order valence-corrected chi connectivity index (χ3v) is 4.71. The molecule has 1 aromatic heterocycles. The van der Waals surface area contributed by atoms with Gasteiger partial charge in [0.2, 0.25) is 0 Å². The maximum Gasteiger partial charge on any atom is 0.339 e. The summed E-state index contributed by atoms with van der Waals surface area (Å²) >= 11 is 1.64. The van der Waals surface area contributed by atoms with Gasteiger partial charge in [-0.2, -0.15) is 0 Å². The molecule has 0 saturated carbocycles. The molecule has 0 atom stereocenters. The lowest BCUT2D eigenvalue weighted by atomic mass is 10.0. The number of carboxylic acid groups (broad SMARTS) is 1. The smallest absolute Gasteiger partial charge is 0.339 e. The summed E-state index contributed by atoms with van der Waals surface area (Å²) in [6.45, 7) is 3.96. The van der Waals surface area contributed by atoms with Gasteiger partial charge in [-0.25, -0.2) is 9.78 Å². The lowest BCUT2D eigenvalue weighted by Gasteiger charge is -2.07. The van der Waals surface area contributed by atoms with Gasteiger partial charge in [0.1, 0.15) is 11.3 Å². The molecule has 3 aromatic rings. The van der Waals surface area contributed by atoms with Gasteiger partial charge < -0.3 is 10.2 Å². The Balaban J connectivity index is 2.05. The fourth-order valence-corrected chi connectivity index (χ4v) is 3.45. The number of aryl methyl sites for hydroxylation is 2. The van der Waals surface area contributed by atoms with E-state index >= 15 is 0 Å². The summed E-state index contributed by atoms with van der Waals surface area (Å²) in [7, 11) is 0. The monoisotopic (exact) mass is 325 g/mol. The van der Waals surface area contributed by atoms with Crippen LogP contribution in [0.3, 0.4) is 0 Å². The van der Waals surface area contributed by atoms with Crippen molar-refractivity contribution in [2.24, 2.45) is 0 Å². The number of aromatic carboxylic acids is 1. The quantitative estimate of drug-likeness (QED) is 0.744. The molecule has 0 aliphatic heterocycles. The summed E-state index contributed by atoms with van der Waals surface area (Å²) < 4.78 is 0. The van der Waals surface area contributed by atoms with Gasteiger partial charge >= 0.3 is 5.97 Å². The fourth-order valence-electron chi connectivity index (χ4n) is 2.53. The SMILES string of the molecule is Cc1nc(C)c(-c2cccc(-c3ccc(C(=O)O)c(O)c3)c2)s1. The number of phenols is 1. The van der Waals surface area contributed by atoms with Crippen LogP contribution in [-0.4, -0.2) is 21.2 Å². The van der Waals surface area contributed by atoms with E-state index in [4.69, 9.17) is 5.11 Å². The van der Waals surface area contributed by atoms with Crippen molar-refractivity contribution in [3.63, 3.8) is 0 Å². The van der Waals surface area contributed by atoms with Crippen LogP contribution in [0.4, 0.5) is 0 Å². The van der Waals surface area contributed by atoms with E-state index in [1.54, 1.807) is 17.4 Å². The molecule has 1 heterocycles. The van der Waals surface area contributed by atoms with Gasteiger partial charge in [0.25, 0.3) is 0 Å². The molecule has 2 aromatic carbocycles. The molecule has 4 nitrogen and oxygen atoms in total. The van der Waals surface area contributed by atoms with Crippen LogP contribution in [0.1, 0.15) is 21.1 Å². The Morgan fingerprint density at radius 2 is 1.74 bits per heavy atom. The molecule has 2 N–H and O–H groups in total. The molecule has 0 spiro atoms. The Morgan fingerprint density at radius 3 is 2.35 bits per heavy atom. The first-order valence-corrected chi connectivity index (χ1v) is 7.88. The van der Waals surface area contributed by atoms with E-state index in [2.05, 4.69) is 4.98 Å². The maximum absolute atomic E-state index is 11.0. The molecule has 0 bridgehead atoms. The zero-order valence-corrected chi connectivity index (χ0v) is 13.5. The molecule has 5 heteroatoms. The van der Waals surface area contributed by atoms with E-state index in [0.29, 0.717) is 0 Å². The minimum Gasteiger partial charge on any atom is -0.507 e. The first kappa shape index (κ1) is 15.2. The van der Waals surface area contributed by atoms with E-state index < -0.39 is 5.97 Å². The van der Waals surface area contributed by atoms with Crippen molar-refractivity contribution in [1.82, 2.24) is 4.98 Å². The largest absolute Gasteiger partial charge is 0.507 e. The zero-order chi connectivity index (χ0) is 16.6. The lowest BCUT2D eigenvalue weighted by molar-refractivity contribution is 0.0694. The van der Waals surface area contributed by atoms with Crippen LogP contribution < -0.4 is 0 Å². The summed E-state index contributed by atoms with van der Waals surface area (Å²) in [5, 5.41) is 19.9. The van der Waals surface area contributed by atoms with Gasteiger partial charge in [-0.05, 0) is 48.7 Å². The Bertz CT molecular complexity index is 899. The third-order valence-electron chi connectivity index (χ3n) is 3.59. The Hall–Kier alpha value is -2.66. The topological polar surface area (TPSA) is 70.4 Å². The van der Waals surface area contributed by atoms with E-state index in [1.807, 2.05) is 38.1 Å². The highest BCUT2D eigenvalue weighted by Crippen LogP contribution is 2.33. The molecule has 116 valence electrons. The molecule has 3 rings (SSSR count). The van der Waals surface area contributed by atoms with Crippen LogP contribution in [0.5, 0.6) is 5.75 Å². The lowest BCUT2D eigenvalue weighted by Crippen LogP contribution is -1.96. The van der Waals surface area contributed by atoms with Crippen LogP contribution in [0, 0.1) is 13.8 Å². The number of carbonyl (C=O) groups is 1. The Kier molecular flexibility index (Phi) is 3.88. The molecular formula is C18H15NO3S. The molecule has 0 saturated heterocycles. The predicted molar refractivity (Wildman–Crippen MR) is 91.1 cm³/mol. The molecule has 0 amide bonds. The van der Waals surface area contributed by atoms with E-state index in [0.717, 1.165) is 32.3 Å². The Morgan fingerprint density at radius 1 is 1.04 bits per heavy atom. The van der Waals surface area contributed by atoms with Crippen LogP contribution in [0.2, 0.25) is 0 Å². The number of aromatic nitrogens is 1. The molecule has 0 aliphatic rings. The number of hydrogen-bond acceptors (Lipinski definition) is 4. The predicted octanol–water partition coefficient (Wildman–Crippen LogP) is 4.50. The molecule has 0 aliphatic carbocycles. The van der Waals surface area contributed by atoms with Crippen LogP contribution in [0.25, 0.3) is 21.6 Å². The van der Waals surface area contributed by atoms with Crippen molar-refractivity contribution >= 4 is 17.3 Å². The highest BCUT2D eigenvalue weighted by atomic mass is 32.1. The normalized spacial score (nSPS) is 10.7. The second kappa shape index (κ2) is 5.85. The second-order valence-corrected chi connectivity index (χ2v) is 6.47. The second-order valence-electron chi connectivity index (χ2n) is 5.27. The van der Waals surface area contributed by atoms with E-state index in [-0.39, 0.29) is 11.3 Å². The van der Waals surface area contributed by atoms with Gasteiger partial charge in [0, 0.05) is 0 Å². The van der Waals surface area contributed by atoms with Gasteiger partial charge in [0.05, 0.1) is 15.6 Å². The average Bonchev–Trinajstić information content (AvgIpc) is 2.85. The van der Waals surface area contributed by atoms with Crippen molar-refractivity contribution in [3.8, 4) is 27.3 Å². The first-order chi connectivity index (χ1) is 11.0. The minimum atomic E-state index is -1.14. The number of nitrogens with zero attached hydrogens (tertiary/aromatic N) is 1. The number of benzene rings is 2. The molecular weight excluding hydrogens is 310 g/mol. The first-order valence-electron chi connectivity index (χ1n) is 7.07. The number of rotatable bonds is 3. The maximum atomic E-state index is 11.0. The number of thiazole rings is 1. The summed E-state index contributed by atoms with van der Waals surface area (Å²) in [6, 6.07) is 12.5. The van der Waals surface area contributed by atoms with Crippen LogP contribution in [0.15, 0.2) is 42.5 Å². The van der Waals surface area contributed by atoms with Crippen molar-refractivity contribution in [2.45, 2.75) is 13.8 Å². The standard InChI is InChI=1S/C18H15NO3S/c1-10-17(23-11(2)19-10)14-5-3-4-12(8-14)13-6-7-15(18(21)22)16(20)9-13/h3-9,20H,1-2H3,(H,21,22). The summed E-state index contributed by atoms with van der Waals surface area (Å²) in [5.74, 6) is -1.37. The van der Waals surface area contributed by atoms with Gasteiger partial charge in [-0.15, -0.1) is 11.3 Å². The van der Waals surface area contributed by atoms with Crippen molar-refractivity contribution in [1.29, 1.82) is 0 Å². The summed E-state index contributed by atoms with van der Waals surface area (Å²) in [6.07, 6.45) is 0. The molecule has 23 heavy (non-hydrogen) atoms. The highest BCUT2D eigenvalue weighted by Gasteiger charge is 2.12. The number of carboxylic acids is 1. The molecule has 0 unspecified atom stereocenters. The number of hydrogen-bond donors (Lipinski definition) is 2. The summed E-state index contributed by atoms with van der Waals surface area (Å²) in [4.78, 5) is 16.6. The Labute approximate surface area is 137 Å². The summed E-state index contributed by atoms with van der Waals surface area (Å²) in [5.41, 5.74) is 3.65. The molecule has 0 radical (unpaired) electrons. The zero-order valence-electron chi connectivity index (χ0n) is 12.7.